The van der Waals surface area contributed by atoms with Crippen molar-refractivity contribution in [2.24, 2.45) is 7.05 Å². The molecular weight excluding hydrogens is 270 g/mol. The first kappa shape index (κ1) is 13.2. The number of aromatic nitrogens is 1. The summed E-state index contributed by atoms with van der Waals surface area (Å²) in [6.45, 7) is 0. The smallest absolute Gasteiger partial charge is 0.276 e. The van der Waals surface area contributed by atoms with Crippen LogP contribution in [-0.4, -0.2) is 13.0 Å². The Kier molecular flexibility index (Phi) is 3.78. The monoisotopic (exact) mass is 283 g/mol. The van der Waals surface area contributed by atoms with E-state index in [4.69, 9.17) is 10.7 Å². The minimum atomic E-state index is -3.66. The summed E-state index contributed by atoms with van der Waals surface area (Å²) in [5.74, 6) is 0. The van der Waals surface area contributed by atoms with Crippen LogP contribution in [0.25, 0.3) is 0 Å². The minimum Gasteiger partial charge on any atom is -0.341 e. The lowest BCUT2D eigenvalue weighted by Gasteiger charge is -1.98. The van der Waals surface area contributed by atoms with Gasteiger partial charge in [0.1, 0.15) is 0 Å². The molecule has 5 heteroatoms. The lowest BCUT2D eigenvalue weighted by atomic mass is 10.1. The van der Waals surface area contributed by atoms with Gasteiger partial charge in [-0.2, -0.15) is 0 Å². The Hall–Kier alpha value is -1.26. The maximum Gasteiger partial charge on any atom is 0.276 e. The van der Waals surface area contributed by atoms with Crippen LogP contribution in [0.1, 0.15) is 11.1 Å². The van der Waals surface area contributed by atoms with E-state index >= 15 is 0 Å². The number of nitrogens with zero attached hydrogens (tertiary/aromatic N) is 1. The van der Waals surface area contributed by atoms with E-state index in [0.29, 0.717) is 0 Å². The van der Waals surface area contributed by atoms with Gasteiger partial charge in [-0.05, 0) is 30.0 Å². The van der Waals surface area contributed by atoms with Crippen LogP contribution in [0, 0.1) is 0 Å². The van der Waals surface area contributed by atoms with Gasteiger partial charge in [0.2, 0.25) is 0 Å². The van der Waals surface area contributed by atoms with Gasteiger partial charge >= 0.3 is 0 Å². The van der Waals surface area contributed by atoms with Crippen molar-refractivity contribution >= 4 is 19.7 Å². The zero-order valence-corrected chi connectivity index (χ0v) is 11.6. The van der Waals surface area contributed by atoms with Gasteiger partial charge in [0.25, 0.3) is 9.05 Å². The molecule has 0 N–H and O–H groups in total. The number of aryl methyl sites for hydroxylation is 3. The third-order valence-electron chi connectivity index (χ3n) is 2.81. The Morgan fingerprint density at radius 3 is 2.28 bits per heavy atom. The highest BCUT2D eigenvalue weighted by molar-refractivity contribution is 8.13. The van der Waals surface area contributed by atoms with Crippen molar-refractivity contribution in [2.75, 3.05) is 0 Å². The molecule has 0 saturated carbocycles. The fourth-order valence-electron chi connectivity index (χ4n) is 1.92. The second-order valence-corrected chi connectivity index (χ2v) is 6.73. The van der Waals surface area contributed by atoms with E-state index < -0.39 is 9.05 Å². The quantitative estimate of drug-likeness (QED) is 0.810. The molecule has 2 aromatic rings. The lowest BCUT2D eigenvalue weighted by molar-refractivity contribution is 0.600. The number of rotatable bonds is 4. The number of benzene rings is 1. The summed E-state index contributed by atoms with van der Waals surface area (Å²) < 4.78 is 24.1. The molecule has 0 amide bonds. The van der Waals surface area contributed by atoms with Crippen molar-refractivity contribution in [1.82, 2.24) is 4.57 Å². The number of hydrogen-bond acceptors (Lipinski definition) is 2. The summed E-state index contributed by atoms with van der Waals surface area (Å²) in [5, 5.41) is 0.146. The molecule has 0 saturated heterocycles. The Balaban J connectivity index is 2.12. The fourth-order valence-corrected chi connectivity index (χ4v) is 3.07. The average Bonchev–Trinajstić information content (AvgIpc) is 2.69. The SMILES string of the molecule is Cn1cc(CCc2ccccc2)cc1S(=O)(=O)Cl. The predicted octanol–water partition coefficient (Wildman–Crippen LogP) is 2.74. The maximum absolute atomic E-state index is 11.3. The van der Waals surface area contributed by atoms with Crippen LogP contribution in [0.3, 0.4) is 0 Å². The summed E-state index contributed by atoms with van der Waals surface area (Å²) in [4.78, 5) is 0. The zero-order chi connectivity index (χ0) is 13.2. The molecule has 2 rings (SSSR count). The van der Waals surface area contributed by atoms with Crippen LogP contribution in [0.4, 0.5) is 0 Å². The van der Waals surface area contributed by atoms with Gasteiger partial charge in [-0.1, -0.05) is 30.3 Å². The van der Waals surface area contributed by atoms with E-state index in [1.807, 2.05) is 18.2 Å². The van der Waals surface area contributed by atoms with E-state index in [1.165, 1.54) is 5.56 Å². The van der Waals surface area contributed by atoms with Crippen molar-refractivity contribution in [3.63, 3.8) is 0 Å². The van der Waals surface area contributed by atoms with E-state index in [-0.39, 0.29) is 5.03 Å². The van der Waals surface area contributed by atoms with Crippen LogP contribution in [0.15, 0.2) is 47.6 Å². The summed E-state index contributed by atoms with van der Waals surface area (Å²) >= 11 is 0. The maximum atomic E-state index is 11.3. The standard InChI is InChI=1S/C13H14ClNO2S/c1-15-10-12(9-13(15)18(14,16)17)8-7-11-5-3-2-4-6-11/h2-6,9-10H,7-8H2,1H3. The highest BCUT2D eigenvalue weighted by Crippen LogP contribution is 2.18. The third kappa shape index (κ3) is 3.15. The molecule has 1 aromatic heterocycles. The van der Waals surface area contributed by atoms with Gasteiger partial charge < -0.3 is 4.57 Å². The Labute approximate surface area is 111 Å². The molecule has 1 heterocycles. The van der Waals surface area contributed by atoms with E-state index in [0.717, 1.165) is 18.4 Å². The van der Waals surface area contributed by atoms with Gasteiger partial charge in [-0.25, -0.2) is 8.42 Å². The van der Waals surface area contributed by atoms with Crippen molar-refractivity contribution in [2.45, 2.75) is 17.9 Å². The molecule has 0 atom stereocenters. The van der Waals surface area contributed by atoms with Gasteiger partial charge in [0, 0.05) is 23.9 Å². The van der Waals surface area contributed by atoms with Crippen molar-refractivity contribution in [3.8, 4) is 0 Å². The topological polar surface area (TPSA) is 39.1 Å². The zero-order valence-electron chi connectivity index (χ0n) is 10.0. The fraction of sp³-hybridized carbons (Fsp3) is 0.231. The van der Waals surface area contributed by atoms with Gasteiger partial charge in [-0.15, -0.1) is 0 Å². The van der Waals surface area contributed by atoms with E-state index in [2.05, 4.69) is 12.1 Å². The van der Waals surface area contributed by atoms with Crippen LogP contribution in [0.2, 0.25) is 0 Å². The van der Waals surface area contributed by atoms with Crippen LogP contribution in [-0.2, 0) is 28.9 Å². The van der Waals surface area contributed by atoms with Crippen molar-refractivity contribution in [3.05, 3.63) is 53.7 Å². The molecule has 3 nitrogen and oxygen atoms in total. The number of hydrogen-bond donors (Lipinski definition) is 0. The second-order valence-electron chi connectivity index (χ2n) is 4.22. The molecule has 0 unspecified atom stereocenters. The summed E-state index contributed by atoms with van der Waals surface area (Å²) in [6, 6.07) is 11.7. The molecule has 0 bridgehead atoms. The molecule has 0 radical (unpaired) electrons. The second kappa shape index (κ2) is 5.16. The molecule has 0 aliphatic heterocycles. The highest BCUT2D eigenvalue weighted by Gasteiger charge is 2.15. The van der Waals surface area contributed by atoms with Crippen molar-refractivity contribution < 1.29 is 8.42 Å². The molecular formula is C13H14ClNO2S. The Morgan fingerprint density at radius 2 is 1.72 bits per heavy atom. The first-order chi connectivity index (χ1) is 8.47. The Morgan fingerprint density at radius 1 is 1.11 bits per heavy atom. The normalized spacial score (nSPS) is 11.7. The Bertz CT molecular complexity index is 632. The van der Waals surface area contributed by atoms with Crippen LogP contribution in [0.5, 0.6) is 0 Å². The molecule has 0 fully saturated rings. The first-order valence-corrected chi connectivity index (χ1v) is 7.91. The van der Waals surface area contributed by atoms with E-state index in [9.17, 15) is 8.42 Å². The molecule has 0 aliphatic rings. The van der Waals surface area contributed by atoms with Gasteiger partial charge in [-0.3, -0.25) is 0 Å². The average molecular weight is 284 g/mol. The minimum absolute atomic E-state index is 0.146. The molecule has 96 valence electrons. The van der Waals surface area contributed by atoms with Crippen LogP contribution >= 0.6 is 10.7 Å². The van der Waals surface area contributed by atoms with Crippen molar-refractivity contribution in [1.29, 1.82) is 0 Å². The molecule has 18 heavy (non-hydrogen) atoms. The lowest BCUT2D eigenvalue weighted by Crippen LogP contribution is -1.97. The highest BCUT2D eigenvalue weighted by atomic mass is 35.7. The van der Waals surface area contributed by atoms with Crippen LogP contribution < -0.4 is 0 Å². The third-order valence-corrected chi connectivity index (χ3v) is 4.19. The molecule has 0 aliphatic carbocycles. The van der Waals surface area contributed by atoms with Gasteiger partial charge in [0.05, 0.1) is 0 Å². The predicted molar refractivity (Wildman–Crippen MR) is 72.3 cm³/mol. The summed E-state index contributed by atoms with van der Waals surface area (Å²) in [5.41, 5.74) is 2.21. The van der Waals surface area contributed by atoms with E-state index in [1.54, 1.807) is 23.9 Å². The number of halogens is 1. The summed E-state index contributed by atoms with van der Waals surface area (Å²) in [7, 11) is 3.37. The van der Waals surface area contributed by atoms with Gasteiger partial charge in [0.15, 0.2) is 5.03 Å². The summed E-state index contributed by atoms with van der Waals surface area (Å²) in [6.07, 6.45) is 3.48. The largest absolute Gasteiger partial charge is 0.341 e. The molecule has 0 spiro atoms. The molecule has 1 aromatic carbocycles. The first-order valence-electron chi connectivity index (χ1n) is 5.60.